The van der Waals surface area contributed by atoms with Crippen LogP contribution in [0.5, 0.6) is 0 Å². The zero-order valence-electron chi connectivity index (χ0n) is 12.5. The van der Waals surface area contributed by atoms with Gasteiger partial charge in [-0.15, -0.1) is 0 Å². The normalized spacial score (nSPS) is 11.4. The molecule has 0 bridgehead atoms. The highest BCUT2D eigenvalue weighted by Crippen LogP contribution is 2.41. The highest BCUT2D eigenvalue weighted by Gasteiger charge is 2.38. The molecular formula is C17H10F4N2OS. The summed E-state index contributed by atoms with van der Waals surface area (Å²) in [5, 5.41) is 2.15. The molecule has 0 radical (unpaired) electrons. The van der Waals surface area contributed by atoms with Crippen LogP contribution in [-0.2, 0) is 6.18 Å². The number of carbonyl (C=O) groups is 1. The number of nitrogens with zero attached hydrogens (tertiary/aromatic N) is 1. The Bertz CT molecular complexity index is 889. The van der Waals surface area contributed by atoms with Gasteiger partial charge in [-0.1, -0.05) is 41.7 Å². The van der Waals surface area contributed by atoms with Crippen LogP contribution in [0.25, 0.3) is 10.4 Å². The molecule has 3 aromatic rings. The van der Waals surface area contributed by atoms with E-state index in [9.17, 15) is 22.4 Å². The lowest BCUT2D eigenvalue weighted by Gasteiger charge is -2.05. The molecule has 0 fully saturated rings. The summed E-state index contributed by atoms with van der Waals surface area (Å²) in [7, 11) is 0. The quantitative estimate of drug-likeness (QED) is 0.646. The average Bonchev–Trinajstić information content (AvgIpc) is 3.00. The van der Waals surface area contributed by atoms with Crippen molar-refractivity contribution in [3.05, 3.63) is 71.7 Å². The van der Waals surface area contributed by atoms with Crippen LogP contribution in [0.1, 0.15) is 16.1 Å². The van der Waals surface area contributed by atoms with Crippen molar-refractivity contribution in [1.82, 2.24) is 4.98 Å². The molecule has 2 aromatic carbocycles. The van der Waals surface area contributed by atoms with Crippen LogP contribution in [0.4, 0.5) is 22.7 Å². The summed E-state index contributed by atoms with van der Waals surface area (Å²) in [5.74, 6) is -1.18. The Balaban J connectivity index is 1.94. The van der Waals surface area contributed by atoms with Crippen LogP contribution in [-0.4, -0.2) is 10.9 Å². The first kappa shape index (κ1) is 17.1. The maximum atomic E-state index is 13.2. The second kappa shape index (κ2) is 6.64. The van der Waals surface area contributed by atoms with Crippen molar-refractivity contribution in [1.29, 1.82) is 0 Å². The fraction of sp³-hybridized carbons (Fsp3) is 0.0588. The molecule has 0 aliphatic carbocycles. The van der Waals surface area contributed by atoms with Crippen molar-refractivity contribution in [3.8, 4) is 10.4 Å². The molecule has 1 heterocycles. The van der Waals surface area contributed by atoms with Gasteiger partial charge in [-0.3, -0.25) is 10.1 Å². The average molecular weight is 366 g/mol. The Kier molecular flexibility index (Phi) is 4.54. The second-order valence-corrected chi connectivity index (χ2v) is 6.02. The van der Waals surface area contributed by atoms with Gasteiger partial charge >= 0.3 is 6.18 Å². The lowest BCUT2D eigenvalue weighted by Crippen LogP contribution is -2.12. The monoisotopic (exact) mass is 366 g/mol. The zero-order chi connectivity index (χ0) is 18.0. The van der Waals surface area contributed by atoms with Crippen LogP contribution >= 0.6 is 11.3 Å². The minimum atomic E-state index is -4.65. The van der Waals surface area contributed by atoms with E-state index in [1.165, 1.54) is 24.3 Å². The van der Waals surface area contributed by atoms with Gasteiger partial charge in [0, 0.05) is 5.56 Å². The fourth-order valence-corrected chi connectivity index (χ4v) is 3.11. The summed E-state index contributed by atoms with van der Waals surface area (Å²) in [6.45, 7) is 0. The lowest BCUT2D eigenvalue weighted by molar-refractivity contribution is -0.140. The van der Waals surface area contributed by atoms with Crippen molar-refractivity contribution in [2.45, 2.75) is 6.18 Å². The number of nitrogens with one attached hydrogen (secondary N) is 1. The molecule has 1 amide bonds. The molecule has 0 saturated heterocycles. The summed E-state index contributed by atoms with van der Waals surface area (Å²) in [6, 6.07) is 12.7. The van der Waals surface area contributed by atoms with Crippen LogP contribution in [0.3, 0.4) is 0 Å². The number of hydrogen-bond donors (Lipinski definition) is 1. The van der Waals surface area contributed by atoms with E-state index in [1.807, 2.05) is 0 Å². The molecule has 1 N–H and O–H groups in total. The Morgan fingerprint density at radius 3 is 2.24 bits per heavy atom. The number of carbonyl (C=O) groups excluding carboxylic acids is 1. The van der Waals surface area contributed by atoms with Crippen LogP contribution in [0.2, 0.25) is 0 Å². The molecule has 0 unspecified atom stereocenters. The van der Waals surface area contributed by atoms with E-state index in [1.54, 1.807) is 18.2 Å². The third-order valence-corrected chi connectivity index (χ3v) is 4.28. The van der Waals surface area contributed by atoms with Gasteiger partial charge in [0.25, 0.3) is 5.91 Å². The molecule has 3 rings (SSSR count). The van der Waals surface area contributed by atoms with Crippen molar-refractivity contribution in [2.24, 2.45) is 0 Å². The summed E-state index contributed by atoms with van der Waals surface area (Å²) in [6.07, 6.45) is -4.65. The standard InChI is InChI=1S/C17H10F4N2OS/c18-12-8-6-11(7-9-12)15(24)23-16-22-14(17(19,20)21)13(25-16)10-4-2-1-3-5-10/h1-9H,(H,22,23,24). The third-order valence-electron chi connectivity index (χ3n) is 3.26. The number of amides is 1. The summed E-state index contributed by atoms with van der Waals surface area (Å²) in [5.41, 5.74) is -0.584. The van der Waals surface area contributed by atoms with Gasteiger partial charge in [0.2, 0.25) is 0 Å². The minimum Gasteiger partial charge on any atom is -0.298 e. The number of rotatable bonds is 3. The van der Waals surface area contributed by atoms with E-state index in [2.05, 4.69) is 10.3 Å². The van der Waals surface area contributed by atoms with Gasteiger partial charge in [-0.2, -0.15) is 13.2 Å². The molecule has 1 aromatic heterocycles. The topological polar surface area (TPSA) is 42.0 Å². The van der Waals surface area contributed by atoms with E-state index >= 15 is 0 Å². The molecule has 0 atom stereocenters. The molecule has 0 spiro atoms. The molecule has 8 heteroatoms. The van der Waals surface area contributed by atoms with Gasteiger partial charge in [-0.25, -0.2) is 9.37 Å². The zero-order valence-corrected chi connectivity index (χ0v) is 13.3. The van der Waals surface area contributed by atoms with E-state index in [-0.39, 0.29) is 15.6 Å². The maximum absolute atomic E-state index is 13.2. The molecule has 0 aliphatic heterocycles. The molecule has 3 nitrogen and oxygen atoms in total. The SMILES string of the molecule is O=C(Nc1nc(C(F)(F)F)c(-c2ccccc2)s1)c1ccc(F)cc1. The first-order valence-electron chi connectivity index (χ1n) is 7.05. The van der Waals surface area contributed by atoms with Crippen LogP contribution in [0, 0.1) is 5.82 Å². The van der Waals surface area contributed by atoms with E-state index < -0.39 is 23.6 Å². The van der Waals surface area contributed by atoms with Crippen molar-refractivity contribution in [3.63, 3.8) is 0 Å². The summed E-state index contributed by atoms with van der Waals surface area (Å²) >= 11 is 0.728. The Morgan fingerprint density at radius 1 is 1.00 bits per heavy atom. The summed E-state index contributed by atoms with van der Waals surface area (Å²) in [4.78, 5) is 15.5. The largest absolute Gasteiger partial charge is 0.434 e. The molecular weight excluding hydrogens is 356 g/mol. The Morgan fingerprint density at radius 2 is 1.64 bits per heavy atom. The van der Waals surface area contributed by atoms with Gasteiger partial charge in [0.1, 0.15) is 5.82 Å². The molecule has 128 valence electrons. The fourth-order valence-electron chi connectivity index (χ4n) is 2.12. The second-order valence-electron chi connectivity index (χ2n) is 5.02. The van der Waals surface area contributed by atoms with Crippen molar-refractivity contribution < 1.29 is 22.4 Å². The highest BCUT2D eigenvalue weighted by atomic mass is 32.1. The number of hydrogen-bond acceptors (Lipinski definition) is 3. The number of halogens is 4. The third kappa shape index (κ3) is 3.85. The number of thiazole rings is 1. The van der Waals surface area contributed by atoms with Gasteiger partial charge in [-0.05, 0) is 29.8 Å². The predicted octanol–water partition coefficient (Wildman–Crippen LogP) is 5.22. The van der Waals surface area contributed by atoms with Gasteiger partial charge in [0.05, 0.1) is 4.88 Å². The van der Waals surface area contributed by atoms with Crippen LogP contribution < -0.4 is 5.32 Å². The highest BCUT2D eigenvalue weighted by molar-refractivity contribution is 7.19. The van der Waals surface area contributed by atoms with Crippen LogP contribution in [0.15, 0.2) is 54.6 Å². The maximum Gasteiger partial charge on any atom is 0.434 e. The van der Waals surface area contributed by atoms with Crippen molar-refractivity contribution in [2.75, 3.05) is 5.32 Å². The minimum absolute atomic E-state index is 0.0810. The summed E-state index contributed by atoms with van der Waals surface area (Å²) < 4.78 is 52.6. The Labute approximate surface area is 144 Å². The van der Waals surface area contributed by atoms with Gasteiger partial charge in [0.15, 0.2) is 10.8 Å². The van der Waals surface area contributed by atoms with E-state index in [4.69, 9.17) is 0 Å². The number of alkyl halides is 3. The first-order chi connectivity index (χ1) is 11.8. The number of benzene rings is 2. The number of aromatic nitrogens is 1. The van der Waals surface area contributed by atoms with Gasteiger partial charge < -0.3 is 0 Å². The molecule has 25 heavy (non-hydrogen) atoms. The first-order valence-corrected chi connectivity index (χ1v) is 7.86. The molecule has 0 saturated carbocycles. The molecule has 0 aliphatic rings. The van der Waals surface area contributed by atoms with E-state index in [0.717, 1.165) is 23.5 Å². The number of anilines is 1. The van der Waals surface area contributed by atoms with E-state index in [0.29, 0.717) is 5.56 Å². The predicted molar refractivity (Wildman–Crippen MR) is 86.9 cm³/mol. The lowest BCUT2D eigenvalue weighted by atomic mass is 10.1. The van der Waals surface area contributed by atoms with Crippen molar-refractivity contribution >= 4 is 22.4 Å². The Hall–Kier alpha value is -2.74. The smallest absolute Gasteiger partial charge is 0.298 e.